The molecule has 0 N–H and O–H groups in total. The monoisotopic (exact) mass is 392 g/mol. The fourth-order valence-corrected chi connectivity index (χ4v) is 4.71. The number of piperidine rings is 1. The Bertz CT molecular complexity index is 640. The number of carbonyl (C=O) groups is 2. The van der Waals surface area contributed by atoms with Crippen LogP contribution < -0.4 is 0 Å². The molecular formula is C20H32N4O2S. The Morgan fingerprint density at radius 2 is 1.93 bits per heavy atom. The number of aromatic nitrogens is 1. The van der Waals surface area contributed by atoms with Gasteiger partial charge in [0.2, 0.25) is 11.8 Å². The number of hydrogen-bond acceptors (Lipinski definition) is 5. The molecule has 2 amide bonds. The number of nitrogens with zero attached hydrogens (tertiary/aromatic N) is 4. The lowest BCUT2D eigenvalue weighted by atomic mass is 9.95. The van der Waals surface area contributed by atoms with E-state index in [1.54, 1.807) is 11.3 Å². The van der Waals surface area contributed by atoms with Crippen LogP contribution >= 0.6 is 11.3 Å². The summed E-state index contributed by atoms with van der Waals surface area (Å²) < 4.78 is 0. The maximum Gasteiger partial charge on any atom is 0.227 e. The fourth-order valence-electron chi connectivity index (χ4n) is 3.97. The van der Waals surface area contributed by atoms with Crippen molar-refractivity contribution in [3.05, 3.63) is 16.1 Å². The van der Waals surface area contributed by atoms with Crippen LogP contribution in [0.4, 0.5) is 0 Å². The summed E-state index contributed by atoms with van der Waals surface area (Å²) in [5.74, 6) is 0.428. The molecule has 1 atom stereocenters. The minimum Gasteiger partial charge on any atom is -0.342 e. The summed E-state index contributed by atoms with van der Waals surface area (Å²) >= 11 is 1.73. The van der Waals surface area contributed by atoms with Crippen LogP contribution in [-0.4, -0.2) is 70.8 Å². The van der Waals surface area contributed by atoms with Crippen molar-refractivity contribution in [2.75, 3.05) is 39.3 Å². The molecule has 0 bridgehead atoms. The third-order valence-electron chi connectivity index (χ3n) is 5.56. The Kier molecular flexibility index (Phi) is 7.24. The van der Waals surface area contributed by atoms with Crippen molar-refractivity contribution in [1.29, 1.82) is 0 Å². The Labute approximate surface area is 166 Å². The van der Waals surface area contributed by atoms with Crippen LogP contribution in [0.5, 0.6) is 0 Å². The maximum atomic E-state index is 12.9. The van der Waals surface area contributed by atoms with E-state index >= 15 is 0 Å². The first-order valence-corrected chi connectivity index (χ1v) is 11.2. The van der Waals surface area contributed by atoms with Crippen molar-refractivity contribution in [1.82, 2.24) is 19.7 Å². The molecule has 0 radical (unpaired) electrons. The number of thiazole rings is 1. The largest absolute Gasteiger partial charge is 0.342 e. The van der Waals surface area contributed by atoms with Gasteiger partial charge in [-0.3, -0.25) is 14.5 Å². The first-order valence-electron chi connectivity index (χ1n) is 10.3. The Balaban J connectivity index is 1.47. The van der Waals surface area contributed by atoms with E-state index in [1.165, 1.54) is 5.01 Å². The van der Waals surface area contributed by atoms with Crippen LogP contribution in [0.3, 0.4) is 0 Å². The van der Waals surface area contributed by atoms with Crippen molar-refractivity contribution in [3.8, 4) is 0 Å². The molecular weight excluding hydrogens is 360 g/mol. The molecule has 1 aromatic heterocycles. The Morgan fingerprint density at radius 1 is 1.15 bits per heavy atom. The van der Waals surface area contributed by atoms with E-state index in [0.29, 0.717) is 13.0 Å². The predicted molar refractivity (Wildman–Crippen MR) is 108 cm³/mol. The third-order valence-corrected chi connectivity index (χ3v) is 6.60. The summed E-state index contributed by atoms with van der Waals surface area (Å²) in [7, 11) is 0. The first kappa shape index (κ1) is 20.3. The molecule has 1 aromatic rings. The average Bonchev–Trinajstić information content (AvgIpc) is 3.16. The smallest absolute Gasteiger partial charge is 0.227 e. The Morgan fingerprint density at radius 3 is 2.59 bits per heavy atom. The lowest BCUT2D eigenvalue weighted by Gasteiger charge is -2.39. The van der Waals surface area contributed by atoms with E-state index < -0.39 is 0 Å². The van der Waals surface area contributed by atoms with Crippen LogP contribution in [0.2, 0.25) is 0 Å². The molecule has 2 aliphatic heterocycles. The quantitative estimate of drug-likeness (QED) is 0.746. The summed E-state index contributed by atoms with van der Waals surface area (Å²) in [5.41, 5.74) is 1.15. The maximum absolute atomic E-state index is 12.9. The third kappa shape index (κ3) is 5.29. The summed E-state index contributed by atoms with van der Waals surface area (Å²) in [5, 5.41) is 3.35. The number of carbonyl (C=O) groups excluding carboxylic acids is 2. The van der Waals surface area contributed by atoms with Crippen molar-refractivity contribution in [2.24, 2.45) is 5.92 Å². The van der Waals surface area contributed by atoms with Crippen LogP contribution in [0.1, 0.15) is 50.2 Å². The van der Waals surface area contributed by atoms with Gasteiger partial charge in [0, 0.05) is 57.6 Å². The van der Waals surface area contributed by atoms with E-state index in [4.69, 9.17) is 0 Å². The molecule has 0 spiro atoms. The SMILES string of the molecule is CCCC(=O)N1CCCC(C(=O)N2CCN(Cc3csc(CC)n3)CC2)C1. The highest BCUT2D eigenvalue weighted by atomic mass is 32.1. The second-order valence-corrected chi connectivity index (χ2v) is 8.56. The summed E-state index contributed by atoms with van der Waals surface area (Å²) in [6.45, 7) is 9.81. The van der Waals surface area contributed by atoms with E-state index in [1.807, 2.05) is 16.7 Å². The van der Waals surface area contributed by atoms with E-state index in [-0.39, 0.29) is 17.7 Å². The highest BCUT2D eigenvalue weighted by Crippen LogP contribution is 2.21. The molecule has 7 heteroatoms. The Hall–Kier alpha value is -1.47. The zero-order chi connectivity index (χ0) is 19.2. The molecule has 1 unspecified atom stereocenters. The van der Waals surface area contributed by atoms with Gasteiger partial charge in [-0.25, -0.2) is 4.98 Å². The minimum atomic E-state index is -0.0169. The minimum absolute atomic E-state index is 0.0169. The molecule has 150 valence electrons. The van der Waals surface area contributed by atoms with Crippen molar-refractivity contribution in [2.45, 2.75) is 52.5 Å². The predicted octanol–water partition coefficient (Wildman–Crippen LogP) is 2.39. The van der Waals surface area contributed by atoms with Gasteiger partial charge in [-0.2, -0.15) is 0 Å². The number of likely N-dealkylation sites (tertiary alicyclic amines) is 1. The van der Waals surface area contributed by atoms with Gasteiger partial charge >= 0.3 is 0 Å². The second kappa shape index (κ2) is 9.64. The number of aryl methyl sites for hydroxylation is 1. The van der Waals surface area contributed by atoms with Crippen molar-refractivity contribution >= 4 is 23.2 Å². The van der Waals surface area contributed by atoms with Gasteiger partial charge in [-0.1, -0.05) is 13.8 Å². The number of rotatable bonds is 6. The van der Waals surface area contributed by atoms with E-state index in [0.717, 1.165) is 70.6 Å². The molecule has 0 saturated carbocycles. The standard InChI is InChI=1S/C20H32N4O2S/c1-3-6-19(25)24-8-5-7-16(13-24)20(26)23-11-9-22(10-12-23)14-17-15-27-18(4-2)21-17/h15-16H,3-14H2,1-2H3. The van der Waals surface area contributed by atoms with Gasteiger partial charge in [0.25, 0.3) is 0 Å². The highest BCUT2D eigenvalue weighted by molar-refractivity contribution is 7.09. The van der Waals surface area contributed by atoms with Crippen molar-refractivity contribution < 1.29 is 9.59 Å². The lowest BCUT2D eigenvalue weighted by molar-refractivity contribution is -0.142. The molecule has 3 heterocycles. The topological polar surface area (TPSA) is 56.8 Å². The van der Waals surface area contributed by atoms with Crippen molar-refractivity contribution in [3.63, 3.8) is 0 Å². The first-order chi connectivity index (χ1) is 13.1. The molecule has 27 heavy (non-hydrogen) atoms. The number of amides is 2. The fraction of sp³-hybridized carbons (Fsp3) is 0.750. The molecule has 3 rings (SSSR count). The molecule has 2 fully saturated rings. The second-order valence-electron chi connectivity index (χ2n) is 7.62. The number of hydrogen-bond donors (Lipinski definition) is 0. The van der Waals surface area contributed by atoms with Crippen LogP contribution in [0.15, 0.2) is 5.38 Å². The van der Waals surface area contributed by atoms with Gasteiger partial charge in [0.15, 0.2) is 0 Å². The molecule has 0 aliphatic carbocycles. The van der Waals surface area contributed by atoms with Crippen LogP contribution in [0.25, 0.3) is 0 Å². The molecule has 6 nitrogen and oxygen atoms in total. The van der Waals surface area contributed by atoms with Gasteiger partial charge < -0.3 is 9.80 Å². The van der Waals surface area contributed by atoms with Gasteiger partial charge in [0.1, 0.15) is 0 Å². The summed E-state index contributed by atoms with van der Waals surface area (Å²) in [6, 6.07) is 0. The van der Waals surface area contributed by atoms with E-state index in [9.17, 15) is 9.59 Å². The molecule has 2 saturated heterocycles. The van der Waals surface area contributed by atoms with Crippen LogP contribution in [0, 0.1) is 5.92 Å². The van der Waals surface area contributed by atoms with Gasteiger partial charge in [0.05, 0.1) is 16.6 Å². The number of piperazine rings is 1. The van der Waals surface area contributed by atoms with Crippen LogP contribution in [-0.2, 0) is 22.6 Å². The molecule has 2 aliphatic rings. The summed E-state index contributed by atoms with van der Waals surface area (Å²) in [6.07, 6.45) is 4.31. The average molecular weight is 393 g/mol. The zero-order valence-electron chi connectivity index (χ0n) is 16.7. The van der Waals surface area contributed by atoms with Gasteiger partial charge in [-0.15, -0.1) is 11.3 Å². The zero-order valence-corrected chi connectivity index (χ0v) is 17.5. The summed E-state index contributed by atoms with van der Waals surface area (Å²) in [4.78, 5) is 36.1. The van der Waals surface area contributed by atoms with Gasteiger partial charge in [-0.05, 0) is 25.7 Å². The van der Waals surface area contributed by atoms with E-state index in [2.05, 4.69) is 22.2 Å². The molecule has 0 aromatic carbocycles. The normalized spacial score (nSPS) is 21.5. The highest BCUT2D eigenvalue weighted by Gasteiger charge is 2.32. The lowest BCUT2D eigenvalue weighted by Crippen LogP contribution is -2.52.